The SMILES string of the molecule is Cc1ccc(N([C@H](C)C(=O)Nc2c(C)cc(C)cc2C)S(C)(=O)=O)cc1. The van der Waals surface area contributed by atoms with Crippen molar-refractivity contribution in [1.29, 1.82) is 0 Å². The van der Waals surface area contributed by atoms with Gasteiger partial charge < -0.3 is 5.32 Å². The second kappa shape index (κ2) is 7.50. The molecule has 1 atom stereocenters. The van der Waals surface area contributed by atoms with E-state index >= 15 is 0 Å². The largest absolute Gasteiger partial charge is 0.324 e. The summed E-state index contributed by atoms with van der Waals surface area (Å²) in [5.41, 5.74) is 5.23. The highest BCUT2D eigenvalue weighted by molar-refractivity contribution is 7.92. The molecule has 2 aromatic rings. The fraction of sp³-hybridized carbons (Fsp3) is 0.350. The fourth-order valence-electron chi connectivity index (χ4n) is 3.11. The van der Waals surface area contributed by atoms with E-state index in [0.29, 0.717) is 5.69 Å². The minimum atomic E-state index is -3.62. The van der Waals surface area contributed by atoms with E-state index in [-0.39, 0.29) is 5.91 Å². The molecule has 2 rings (SSSR count). The lowest BCUT2D eigenvalue weighted by Crippen LogP contribution is -2.45. The van der Waals surface area contributed by atoms with Crippen LogP contribution >= 0.6 is 0 Å². The molecule has 5 nitrogen and oxygen atoms in total. The van der Waals surface area contributed by atoms with Gasteiger partial charge in [0.25, 0.3) is 0 Å². The highest BCUT2D eigenvalue weighted by Gasteiger charge is 2.29. The van der Waals surface area contributed by atoms with Gasteiger partial charge in [-0.2, -0.15) is 0 Å². The van der Waals surface area contributed by atoms with Gasteiger partial charge in [-0.25, -0.2) is 8.42 Å². The summed E-state index contributed by atoms with van der Waals surface area (Å²) in [6.45, 7) is 9.36. The van der Waals surface area contributed by atoms with E-state index in [0.717, 1.165) is 38.5 Å². The van der Waals surface area contributed by atoms with Gasteiger partial charge in [0.1, 0.15) is 6.04 Å². The molecule has 0 aromatic heterocycles. The van der Waals surface area contributed by atoms with Crippen molar-refractivity contribution >= 4 is 27.3 Å². The third-order valence-corrected chi connectivity index (χ3v) is 5.54. The molecule has 1 N–H and O–H groups in total. The number of anilines is 2. The molecule has 0 saturated heterocycles. The van der Waals surface area contributed by atoms with Gasteiger partial charge in [-0.15, -0.1) is 0 Å². The maximum atomic E-state index is 12.8. The molecular weight excluding hydrogens is 348 g/mol. The molecule has 0 unspecified atom stereocenters. The maximum Gasteiger partial charge on any atom is 0.248 e. The van der Waals surface area contributed by atoms with E-state index in [1.165, 1.54) is 0 Å². The Morgan fingerprint density at radius 3 is 1.92 bits per heavy atom. The van der Waals surface area contributed by atoms with Crippen LogP contribution in [0, 0.1) is 27.7 Å². The number of rotatable bonds is 5. The summed E-state index contributed by atoms with van der Waals surface area (Å²) in [5, 5.41) is 2.89. The number of benzene rings is 2. The second-order valence-electron chi connectivity index (χ2n) is 6.83. The van der Waals surface area contributed by atoms with Gasteiger partial charge in [0.05, 0.1) is 11.9 Å². The van der Waals surface area contributed by atoms with Crippen LogP contribution < -0.4 is 9.62 Å². The summed E-state index contributed by atoms with van der Waals surface area (Å²) >= 11 is 0. The summed E-state index contributed by atoms with van der Waals surface area (Å²) in [5.74, 6) is -0.369. The van der Waals surface area contributed by atoms with Crippen LogP contribution in [0.25, 0.3) is 0 Å². The fourth-order valence-corrected chi connectivity index (χ4v) is 4.28. The van der Waals surface area contributed by atoms with Gasteiger partial charge in [-0.1, -0.05) is 35.4 Å². The normalized spacial score (nSPS) is 12.5. The Balaban J connectivity index is 2.36. The Bertz CT molecular complexity index is 896. The topological polar surface area (TPSA) is 66.5 Å². The smallest absolute Gasteiger partial charge is 0.248 e. The number of carbonyl (C=O) groups excluding carboxylic acids is 1. The van der Waals surface area contributed by atoms with Crippen LogP contribution in [0.15, 0.2) is 36.4 Å². The summed E-state index contributed by atoms with van der Waals surface area (Å²) in [6, 6.07) is 10.2. The molecule has 0 aliphatic rings. The van der Waals surface area contributed by atoms with Crippen LogP contribution in [-0.4, -0.2) is 26.6 Å². The van der Waals surface area contributed by atoms with Crippen molar-refractivity contribution in [2.45, 2.75) is 40.7 Å². The number of hydrogen-bond donors (Lipinski definition) is 1. The zero-order valence-corrected chi connectivity index (χ0v) is 16.9. The molecule has 0 radical (unpaired) electrons. The van der Waals surface area contributed by atoms with E-state index in [2.05, 4.69) is 5.32 Å². The summed E-state index contributed by atoms with van der Waals surface area (Å²) < 4.78 is 25.8. The van der Waals surface area contributed by atoms with Gasteiger partial charge in [-0.3, -0.25) is 9.10 Å². The van der Waals surface area contributed by atoms with Crippen LogP contribution in [0.5, 0.6) is 0 Å². The van der Waals surface area contributed by atoms with Gasteiger partial charge in [0.2, 0.25) is 15.9 Å². The molecular formula is C20H26N2O3S. The Morgan fingerprint density at radius 2 is 1.46 bits per heavy atom. The zero-order valence-electron chi connectivity index (χ0n) is 16.1. The number of carbonyl (C=O) groups is 1. The van der Waals surface area contributed by atoms with Crippen molar-refractivity contribution < 1.29 is 13.2 Å². The molecule has 0 bridgehead atoms. The number of hydrogen-bond acceptors (Lipinski definition) is 3. The second-order valence-corrected chi connectivity index (χ2v) is 8.69. The predicted octanol–water partition coefficient (Wildman–Crippen LogP) is 3.71. The van der Waals surface area contributed by atoms with Crippen molar-refractivity contribution in [2.75, 3.05) is 15.9 Å². The number of aryl methyl sites for hydroxylation is 4. The van der Waals surface area contributed by atoms with E-state index in [9.17, 15) is 13.2 Å². The van der Waals surface area contributed by atoms with Crippen molar-refractivity contribution in [3.05, 3.63) is 58.7 Å². The van der Waals surface area contributed by atoms with Crippen LogP contribution in [-0.2, 0) is 14.8 Å². The first-order chi connectivity index (χ1) is 12.0. The lowest BCUT2D eigenvalue weighted by atomic mass is 10.0. The summed E-state index contributed by atoms with van der Waals surface area (Å²) in [6.07, 6.45) is 1.11. The number of nitrogens with one attached hydrogen (secondary N) is 1. The standard InChI is InChI=1S/C20H26N2O3S/c1-13-7-9-18(10-8-13)22(26(6,24)25)17(5)20(23)21-19-15(3)11-14(2)12-16(19)4/h7-12,17H,1-6H3,(H,21,23)/t17-/m1/s1. The van der Waals surface area contributed by atoms with E-state index < -0.39 is 16.1 Å². The monoisotopic (exact) mass is 374 g/mol. The predicted molar refractivity (Wildman–Crippen MR) is 107 cm³/mol. The molecule has 2 aromatic carbocycles. The maximum absolute atomic E-state index is 12.8. The first-order valence-corrected chi connectivity index (χ1v) is 10.3. The van der Waals surface area contributed by atoms with Crippen molar-refractivity contribution in [3.63, 3.8) is 0 Å². The van der Waals surface area contributed by atoms with Gasteiger partial charge in [-0.05, 0) is 57.9 Å². The number of nitrogens with zero attached hydrogens (tertiary/aromatic N) is 1. The van der Waals surface area contributed by atoms with E-state index in [1.807, 2.05) is 52.0 Å². The molecule has 140 valence electrons. The molecule has 1 amide bonds. The molecule has 0 aliphatic carbocycles. The Kier molecular flexibility index (Phi) is 5.76. The molecule has 0 fully saturated rings. The van der Waals surface area contributed by atoms with Crippen LogP contribution in [0.1, 0.15) is 29.2 Å². The highest BCUT2D eigenvalue weighted by Crippen LogP contribution is 2.25. The minimum absolute atomic E-state index is 0.369. The highest BCUT2D eigenvalue weighted by atomic mass is 32.2. The first-order valence-electron chi connectivity index (χ1n) is 8.45. The lowest BCUT2D eigenvalue weighted by molar-refractivity contribution is -0.116. The lowest BCUT2D eigenvalue weighted by Gasteiger charge is -2.28. The molecule has 0 saturated carbocycles. The molecule has 0 aliphatic heterocycles. The van der Waals surface area contributed by atoms with Gasteiger partial charge >= 0.3 is 0 Å². The van der Waals surface area contributed by atoms with Crippen LogP contribution in [0.3, 0.4) is 0 Å². The average Bonchev–Trinajstić information content (AvgIpc) is 2.51. The quantitative estimate of drug-likeness (QED) is 0.867. The van der Waals surface area contributed by atoms with Crippen LogP contribution in [0.4, 0.5) is 11.4 Å². The van der Waals surface area contributed by atoms with Crippen molar-refractivity contribution in [2.24, 2.45) is 0 Å². The molecule has 0 spiro atoms. The Labute approximate surface area is 156 Å². The minimum Gasteiger partial charge on any atom is -0.324 e. The van der Waals surface area contributed by atoms with Crippen molar-refractivity contribution in [1.82, 2.24) is 0 Å². The van der Waals surface area contributed by atoms with E-state index in [1.54, 1.807) is 19.1 Å². The number of amides is 1. The molecule has 6 heteroatoms. The third kappa shape index (κ3) is 4.43. The Hall–Kier alpha value is -2.34. The van der Waals surface area contributed by atoms with Crippen LogP contribution in [0.2, 0.25) is 0 Å². The molecule has 0 heterocycles. The zero-order chi connectivity index (χ0) is 19.6. The average molecular weight is 375 g/mol. The van der Waals surface area contributed by atoms with Gasteiger partial charge in [0, 0.05) is 5.69 Å². The van der Waals surface area contributed by atoms with Gasteiger partial charge in [0.15, 0.2) is 0 Å². The summed E-state index contributed by atoms with van der Waals surface area (Å²) in [4.78, 5) is 12.8. The Morgan fingerprint density at radius 1 is 0.962 bits per heavy atom. The third-order valence-electron chi connectivity index (χ3n) is 4.30. The summed E-state index contributed by atoms with van der Waals surface area (Å²) in [7, 11) is -3.62. The number of sulfonamides is 1. The van der Waals surface area contributed by atoms with E-state index in [4.69, 9.17) is 0 Å². The molecule has 26 heavy (non-hydrogen) atoms. The van der Waals surface area contributed by atoms with Crippen molar-refractivity contribution in [3.8, 4) is 0 Å². The first kappa shape index (κ1) is 20.0.